The molecule has 0 aliphatic carbocycles. The molecule has 0 radical (unpaired) electrons. The van der Waals surface area contributed by atoms with Gasteiger partial charge in [0.2, 0.25) is 11.5 Å². The summed E-state index contributed by atoms with van der Waals surface area (Å²) in [7, 11) is 4.57. The third kappa shape index (κ3) is 4.78. The van der Waals surface area contributed by atoms with E-state index in [0.29, 0.717) is 40.9 Å². The quantitative estimate of drug-likeness (QED) is 0.652. The van der Waals surface area contributed by atoms with Crippen LogP contribution in [0.5, 0.6) is 28.7 Å². The summed E-state index contributed by atoms with van der Waals surface area (Å²) < 4.78 is 23.0. The lowest BCUT2D eigenvalue weighted by molar-refractivity contribution is 0.0506. The maximum Gasteiger partial charge on any atom is 0.258 e. The van der Waals surface area contributed by atoms with Gasteiger partial charge in [-0.15, -0.1) is 0 Å². The molecule has 1 aliphatic heterocycles. The van der Waals surface area contributed by atoms with Crippen LogP contribution in [0.3, 0.4) is 0 Å². The number of hydrogen-bond acceptors (Lipinski definition) is 6. The molecule has 0 aromatic heterocycles. The molecular formula is C25H34N2O5. The fraction of sp³-hybridized carbons (Fsp3) is 0.480. The van der Waals surface area contributed by atoms with Crippen LogP contribution in [0.1, 0.15) is 49.0 Å². The minimum atomic E-state index is -0.106. The number of nitrogens with two attached hydrogens (primary N) is 1. The molecule has 3 rings (SSSR count). The van der Waals surface area contributed by atoms with Crippen molar-refractivity contribution in [2.75, 3.05) is 27.9 Å². The second-order valence-corrected chi connectivity index (χ2v) is 8.15. The van der Waals surface area contributed by atoms with Gasteiger partial charge in [-0.3, -0.25) is 4.79 Å². The van der Waals surface area contributed by atoms with Crippen molar-refractivity contribution in [1.82, 2.24) is 4.90 Å². The fourth-order valence-corrected chi connectivity index (χ4v) is 4.39. The minimum Gasteiger partial charge on any atom is -0.492 e. The zero-order valence-electron chi connectivity index (χ0n) is 19.6. The zero-order chi connectivity index (χ0) is 23.3. The molecule has 2 aromatic carbocycles. The SMILES string of the molecule is COc1c(Oc2ccc(CCN)cc2)cc(C(=O)N2[C@H](C)CCC[C@@H]2C)c(OC)c1OC. The Labute approximate surface area is 190 Å². The normalized spacial score (nSPS) is 18.2. The van der Waals surface area contributed by atoms with Crippen LogP contribution in [0, 0.1) is 0 Å². The van der Waals surface area contributed by atoms with Gasteiger partial charge in [-0.05, 0) is 63.8 Å². The maximum atomic E-state index is 13.7. The van der Waals surface area contributed by atoms with E-state index in [-0.39, 0.29) is 18.0 Å². The zero-order valence-corrected chi connectivity index (χ0v) is 19.6. The van der Waals surface area contributed by atoms with Crippen LogP contribution in [0.25, 0.3) is 0 Å². The fourth-order valence-electron chi connectivity index (χ4n) is 4.39. The lowest BCUT2D eigenvalue weighted by Crippen LogP contribution is -2.47. The van der Waals surface area contributed by atoms with Gasteiger partial charge in [0.1, 0.15) is 5.75 Å². The summed E-state index contributed by atoms with van der Waals surface area (Å²) in [5.41, 5.74) is 7.15. The lowest BCUT2D eigenvalue weighted by atomic mass is 9.96. The summed E-state index contributed by atoms with van der Waals surface area (Å²) in [6.45, 7) is 4.75. The summed E-state index contributed by atoms with van der Waals surface area (Å²) >= 11 is 0. The number of piperidine rings is 1. The van der Waals surface area contributed by atoms with Crippen molar-refractivity contribution in [2.24, 2.45) is 5.73 Å². The molecule has 0 bridgehead atoms. The van der Waals surface area contributed by atoms with E-state index in [4.69, 9.17) is 24.7 Å². The van der Waals surface area contributed by atoms with Crippen LogP contribution >= 0.6 is 0 Å². The van der Waals surface area contributed by atoms with Crippen LogP contribution < -0.4 is 24.7 Å². The summed E-state index contributed by atoms with van der Waals surface area (Å²) in [6.07, 6.45) is 3.86. The van der Waals surface area contributed by atoms with Gasteiger partial charge in [0.25, 0.3) is 5.91 Å². The molecule has 1 fully saturated rings. The van der Waals surface area contributed by atoms with Gasteiger partial charge >= 0.3 is 0 Å². The van der Waals surface area contributed by atoms with Crippen molar-refractivity contribution < 1.29 is 23.7 Å². The molecule has 2 aromatic rings. The summed E-state index contributed by atoms with van der Waals surface area (Å²) in [4.78, 5) is 15.6. The molecule has 0 saturated carbocycles. The highest BCUT2D eigenvalue weighted by molar-refractivity contribution is 5.99. The van der Waals surface area contributed by atoms with E-state index in [1.54, 1.807) is 6.07 Å². The van der Waals surface area contributed by atoms with Crippen molar-refractivity contribution >= 4 is 5.91 Å². The van der Waals surface area contributed by atoms with Crippen molar-refractivity contribution in [1.29, 1.82) is 0 Å². The first kappa shape index (κ1) is 23.7. The van der Waals surface area contributed by atoms with Gasteiger partial charge in [0.15, 0.2) is 11.5 Å². The first-order valence-corrected chi connectivity index (χ1v) is 11.1. The Morgan fingerprint density at radius 2 is 1.56 bits per heavy atom. The van der Waals surface area contributed by atoms with Gasteiger partial charge in [-0.1, -0.05) is 12.1 Å². The number of carbonyl (C=O) groups is 1. The average Bonchev–Trinajstić information content (AvgIpc) is 2.79. The van der Waals surface area contributed by atoms with Crippen LogP contribution in [0.4, 0.5) is 0 Å². The Kier molecular flexibility index (Phi) is 7.85. The largest absolute Gasteiger partial charge is 0.492 e. The second-order valence-electron chi connectivity index (χ2n) is 8.15. The molecule has 1 heterocycles. The number of nitrogens with zero attached hydrogens (tertiary/aromatic N) is 1. The molecule has 1 saturated heterocycles. The van der Waals surface area contributed by atoms with Gasteiger partial charge in [-0.2, -0.15) is 0 Å². The van der Waals surface area contributed by atoms with E-state index in [1.165, 1.54) is 21.3 Å². The Morgan fingerprint density at radius 1 is 0.969 bits per heavy atom. The van der Waals surface area contributed by atoms with E-state index >= 15 is 0 Å². The highest BCUT2D eigenvalue weighted by Gasteiger charge is 2.34. The van der Waals surface area contributed by atoms with Crippen molar-refractivity contribution in [3.8, 4) is 28.7 Å². The molecule has 1 aliphatic rings. The Balaban J connectivity index is 2.06. The Morgan fingerprint density at radius 3 is 2.09 bits per heavy atom. The predicted molar refractivity (Wildman–Crippen MR) is 124 cm³/mol. The average molecular weight is 443 g/mol. The van der Waals surface area contributed by atoms with Crippen molar-refractivity contribution in [3.63, 3.8) is 0 Å². The van der Waals surface area contributed by atoms with Crippen molar-refractivity contribution in [3.05, 3.63) is 41.5 Å². The molecule has 2 N–H and O–H groups in total. The first-order chi connectivity index (χ1) is 15.4. The molecule has 0 unspecified atom stereocenters. The number of rotatable bonds is 8. The monoisotopic (exact) mass is 442 g/mol. The summed E-state index contributed by atoms with van der Waals surface area (Å²) in [6, 6.07) is 9.66. The van der Waals surface area contributed by atoms with Crippen molar-refractivity contribution in [2.45, 2.75) is 51.6 Å². The van der Waals surface area contributed by atoms with Gasteiger partial charge < -0.3 is 29.6 Å². The standard InChI is InChI=1S/C25H34N2O5/c1-16-7-6-8-17(2)27(16)25(28)20-15-21(23(30-4)24(31-5)22(20)29-3)32-19-11-9-18(10-12-19)13-14-26/h9-12,15-17H,6-8,13-14,26H2,1-5H3/t16-,17+. The number of benzene rings is 2. The van der Waals surface area contributed by atoms with Gasteiger partial charge in [-0.25, -0.2) is 0 Å². The van der Waals surface area contributed by atoms with Gasteiger partial charge in [0, 0.05) is 18.2 Å². The minimum absolute atomic E-state index is 0.106. The van der Waals surface area contributed by atoms with E-state index < -0.39 is 0 Å². The molecule has 174 valence electrons. The van der Waals surface area contributed by atoms with E-state index in [0.717, 1.165) is 31.2 Å². The topological polar surface area (TPSA) is 83.3 Å². The molecule has 0 spiro atoms. The summed E-state index contributed by atoms with van der Waals surface area (Å²) in [5.74, 6) is 1.93. The van der Waals surface area contributed by atoms with Gasteiger partial charge in [0.05, 0.1) is 26.9 Å². The first-order valence-electron chi connectivity index (χ1n) is 11.1. The number of hydrogen-bond donors (Lipinski definition) is 1. The van der Waals surface area contributed by atoms with E-state index in [2.05, 4.69) is 13.8 Å². The summed E-state index contributed by atoms with van der Waals surface area (Å²) in [5, 5.41) is 0. The van der Waals surface area contributed by atoms with E-state index in [1.807, 2.05) is 29.2 Å². The number of carbonyl (C=O) groups excluding carboxylic acids is 1. The molecule has 7 nitrogen and oxygen atoms in total. The number of ether oxygens (including phenoxy) is 4. The van der Waals surface area contributed by atoms with Crippen LogP contribution in [-0.2, 0) is 6.42 Å². The number of likely N-dealkylation sites (tertiary alicyclic amines) is 1. The smallest absolute Gasteiger partial charge is 0.258 e. The van der Waals surface area contributed by atoms with Crippen LogP contribution in [0.15, 0.2) is 30.3 Å². The van der Waals surface area contributed by atoms with Crippen LogP contribution in [-0.4, -0.2) is 50.8 Å². The lowest BCUT2D eigenvalue weighted by Gasteiger charge is -2.39. The molecular weight excluding hydrogens is 408 g/mol. The Hall–Kier alpha value is -2.93. The maximum absolute atomic E-state index is 13.7. The molecule has 32 heavy (non-hydrogen) atoms. The molecule has 2 atom stereocenters. The van der Waals surface area contributed by atoms with Crippen LogP contribution in [0.2, 0.25) is 0 Å². The number of amides is 1. The molecule has 7 heteroatoms. The third-order valence-corrected chi connectivity index (χ3v) is 6.01. The second kappa shape index (κ2) is 10.6. The molecule has 1 amide bonds. The number of methoxy groups -OCH3 is 3. The Bertz CT molecular complexity index is 919. The van der Waals surface area contributed by atoms with E-state index in [9.17, 15) is 4.79 Å². The predicted octanol–water partition coefficient (Wildman–Crippen LogP) is 4.41. The highest BCUT2D eigenvalue weighted by Crippen LogP contribution is 2.48. The third-order valence-electron chi connectivity index (χ3n) is 6.01. The highest BCUT2D eigenvalue weighted by atomic mass is 16.5.